The first kappa shape index (κ1) is 10.2. The van der Waals surface area contributed by atoms with Gasteiger partial charge in [0, 0.05) is 32.2 Å². The van der Waals surface area contributed by atoms with Crippen molar-refractivity contribution in [2.75, 3.05) is 13.2 Å². The number of carboxylic acids is 1. The molecule has 1 aromatic heterocycles. The molecule has 1 fully saturated rings. The van der Waals surface area contributed by atoms with E-state index in [1.807, 2.05) is 29.9 Å². The van der Waals surface area contributed by atoms with Gasteiger partial charge in [-0.3, -0.25) is 4.79 Å². The number of carboxylic acid groups (broad SMARTS) is 1. The van der Waals surface area contributed by atoms with Gasteiger partial charge in [-0.1, -0.05) is 0 Å². The summed E-state index contributed by atoms with van der Waals surface area (Å²) in [5.74, 6) is -0.743. The lowest BCUT2D eigenvalue weighted by molar-refractivity contribution is -0.148. The molecule has 1 saturated heterocycles. The fourth-order valence-electron chi connectivity index (χ4n) is 2.26. The Morgan fingerprint density at radius 2 is 2.20 bits per heavy atom. The minimum Gasteiger partial charge on any atom is -0.481 e. The molecule has 0 amide bonds. The fourth-order valence-corrected chi connectivity index (χ4v) is 2.26. The van der Waals surface area contributed by atoms with E-state index < -0.39 is 11.4 Å². The zero-order chi connectivity index (χ0) is 10.9. The van der Waals surface area contributed by atoms with Crippen molar-refractivity contribution in [1.29, 1.82) is 0 Å². The number of rotatable bonds is 2. The number of ether oxygens (including phenoxy) is 1. The van der Waals surface area contributed by atoms with E-state index in [1.165, 1.54) is 0 Å². The van der Waals surface area contributed by atoms with Crippen molar-refractivity contribution in [3.63, 3.8) is 0 Å². The van der Waals surface area contributed by atoms with Crippen LogP contribution in [0.3, 0.4) is 0 Å². The van der Waals surface area contributed by atoms with Crippen molar-refractivity contribution in [2.45, 2.75) is 18.3 Å². The molecule has 4 heteroatoms. The molecule has 0 radical (unpaired) electrons. The first-order valence-corrected chi connectivity index (χ1v) is 5.10. The third-order valence-corrected chi connectivity index (χ3v) is 3.19. The summed E-state index contributed by atoms with van der Waals surface area (Å²) in [6.45, 7) is 1.05. The van der Waals surface area contributed by atoms with Crippen LogP contribution < -0.4 is 0 Å². The number of aryl methyl sites for hydroxylation is 1. The Labute approximate surface area is 88.5 Å². The second-order valence-corrected chi connectivity index (χ2v) is 4.00. The first-order chi connectivity index (χ1) is 7.17. The predicted molar refractivity (Wildman–Crippen MR) is 54.8 cm³/mol. The molecule has 1 aromatic rings. The van der Waals surface area contributed by atoms with Gasteiger partial charge in [0.15, 0.2) is 0 Å². The Morgan fingerprint density at radius 1 is 1.53 bits per heavy atom. The van der Waals surface area contributed by atoms with Gasteiger partial charge in [-0.05, 0) is 25.0 Å². The Balaban J connectivity index is 2.42. The lowest BCUT2D eigenvalue weighted by Crippen LogP contribution is -2.42. The quantitative estimate of drug-likeness (QED) is 0.795. The van der Waals surface area contributed by atoms with Crippen molar-refractivity contribution in [2.24, 2.45) is 7.05 Å². The summed E-state index contributed by atoms with van der Waals surface area (Å²) in [7, 11) is 1.88. The van der Waals surface area contributed by atoms with Crippen LogP contribution in [0.4, 0.5) is 0 Å². The van der Waals surface area contributed by atoms with Gasteiger partial charge >= 0.3 is 5.97 Å². The molecule has 0 bridgehead atoms. The molecule has 0 atom stereocenters. The number of carbonyl (C=O) groups is 1. The van der Waals surface area contributed by atoms with Gasteiger partial charge < -0.3 is 14.4 Å². The van der Waals surface area contributed by atoms with E-state index in [2.05, 4.69) is 0 Å². The highest BCUT2D eigenvalue weighted by molar-refractivity contribution is 5.81. The zero-order valence-electron chi connectivity index (χ0n) is 8.77. The highest BCUT2D eigenvalue weighted by atomic mass is 16.5. The van der Waals surface area contributed by atoms with E-state index in [4.69, 9.17) is 4.74 Å². The number of hydrogen-bond donors (Lipinski definition) is 1. The van der Waals surface area contributed by atoms with Gasteiger partial charge in [-0.25, -0.2) is 0 Å². The van der Waals surface area contributed by atoms with Crippen LogP contribution in [0.1, 0.15) is 18.5 Å². The van der Waals surface area contributed by atoms with Crippen LogP contribution >= 0.6 is 0 Å². The zero-order valence-corrected chi connectivity index (χ0v) is 8.77. The summed E-state index contributed by atoms with van der Waals surface area (Å²) in [5, 5.41) is 9.42. The monoisotopic (exact) mass is 209 g/mol. The topological polar surface area (TPSA) is 51.5 Å². The van der Waals surface area contributed by atoms with Crippen LogP contribution in [0.5, 0.6) is 0 Å². The molecule has 0 saturated carbocycles. The second-order valence-electron chi connectivity index (χ2n) is 4.00. The summed E-state index contributed by atoms with van der Waals surface area (Å²) < 4.78 is 7.13. The molecular formula is C11H15NO3. The van der Waals surface area contributed by atoms with E-state index in [1.54, 1.807) is 0 Å². The van der Waals surface area contributed by atoms with Crippen LogP contribution in [-0.2, 0) is 22.0 Å². The third-order valence-electron chi connectivity index (χ3n) is 3.19. The lowest BCUT2D eigenvalue weighted by atomic mass is 9.77. The number of aliphatic carboxylic acids is 1. The van der Waals surface area contributed by atoms with Crippen molar-refractivity contribution < 1.29 is 14.6 Å². The average molecular weight is 209 g/mol. The highest BCUT2D eigenvalue weighted by Gasteiger charge is 2.43. The van der Waals surface area contributed by atoms with Gasteiger partial charge in [0.1, 0.15) is 5.41 Å². The minimum atomic E-state index is -0.753. The standard InChI is InChI=1S/C11H15NO3/c1-12-6-2-3-9(12)11(10(13)14)4-7-15-8-5-11/h2-3,6H,4-5,7-8H2,1H3,(H,13,14). The second kappa shape index (κ2) is 3.70. The number of hydrogen-bond acceptors (Lipinski definition) is 2. The molecule has 82 valence electrons. The Bertz CT molecular complexity index is 364. The molecule has 1 aliphatic rings. The fraction of sp³-hybridized carbons (Fsp3) is 0.545. The number of nitrogens with zero attached hydrogens (tertiary/aromatic N) is 1. The molecule has 4 nitrogen and oxygen atoms in total. The normalized spacial score (nSPS) is 20.1. The third kappa shape index (κ3) is 1.55. The van der Waals surface area contributed by atoms with Crippen LogP contribution in [0, 0.1) is 0 Å². The molecule has 0 aromatic carbocycles. The van der Waals surface area contributed by atoms with Crippen molar-refractivity contribution in [3.05, 3.63) is 24.0 Å². The van der Waals surface area contributed by atoms with Crippen molar-refractivity contribution in [3.8, 4) is 0 Å². The maximum atomic E-state index is 11.5. The molecule has 0 aliphatic carbocycles. The summed E-state index contributed by atoms with van der Waals surface area (Å²) in [6.07, 6.45) is 3.00. The average Bonchev–Trinajstić information content (AvgIpc) is 2.66. The van der Waals surface area contributed by atoms with Crippen LogP contribution in [0.25, 0.3) is 0 Å². The maximum absolute atomic E-state index is 11.5. The van der Waals surface area contributed by atoms with E-state index in [9.17, 15) is 9.90 Å². The number of aromatic nitrogens is 1. The SMILES string of the molecule is Cn1cccc1C1(C(=O)O)CCOCC1. The summed E-state index contributed by atoms with van der Waals surface area (Å²) in [4.78, 5) is 11.5. The molecule has 2 rings (SSSR count). The van der Waals surface area contributed by atoms with Gasteiger partial charge in [-0.2, -0.15) is 0 Å². The van der Waals surface area contributed by atoms with Crippen LogP contribution in [-0.4, -0.2) is 28.9 Å². The van der Waals surface area contributed by atoms with Crippen LogP contribution in [0.15, 0.2) is 18.3 Å². The summed E-state index contributed by atoms with van der Waals surface area (Å²) in [6, 6.07) is 3.77. The molecule has 15 heavy (non-hydrogen) atoms. The maximum Gasteiger partial charge on any atom is 0.315 e. The summed E-state index contributed by atoms with van der Waals surface area (Å²) >= 11 is 0. The Hall–Kier alpha value is -1.29. The Morgan fingerprint density at radius 3 is 2.67 bits per heavy atom. The molecule has 0 unspecified atom stereocenters. The van der Waals surface area contributed by atoms with E-state index in [-0.39, 0.29) is 0 Å². The lowest BCUT2D eigenvalue weighted by Gasteiger charge is -2.33. The molecular weight excluding hydrogens is 194 g/mol. The largest absolute Gasteiger partial charge is 0.481 e. The van der Waals surface area contributed by atoms with E-state index in [0.717, 1.165) is 5.69 Å². The van der Waals surface area contributed by atoms with Gasteiger partial charge in [0.05, 0.1) is 0 Å². The predicted octanol–water partition coefficient (Wildman–Crippen LogP) is 1.16. The van der Waals surface area contributed by atoms with Gasteiger partial charge in [0.2, 0.25) is 0 Å². The first-order valence-electron chi connectivity index (χ1n) is 5.10. The van der Waals surface area contributed by atoms with E-state index in [0.29, 0.717) is 26.1 Å². The summed E-state index contributed by atoms with van der Waals surface area (Å²) in [5.41, 5.74) is 0.120. The smallest absolute Gasteiger partial charge is 0.315 e. The molecule has 1 N–H and O–H groups in total. The van der Waals surface area contributed by atoms with E-state index >= 15 is 0 Å². The highest BCUT2D eigenvalue weighted by Crippen LogP contribution is 2.35. The minimum absolute atomic E-state index is 0.525. The Kier molecular flexibility index (Phi) is 2.52. The molecule has 0 spiro atoms. The van der Waals surface area contributed by atoms with Gasteiger partial charge in [-0.15, -0.1) is 0 Å². The van der Waals surface area contributed by atoms with Crippen molar-refractivity contribution >= 4 is 5.97 Å². The molecule has 2 heterocycles. The van der Waals surface area contributed by atoms with Gasteiger partial charge in [0.25, 0.3) is 0 Å². The van der Waals surface area contributed by atoms with Crippen LogP contribution in [0.2, 0.25) is 0 Å². The van der Waals surface area contributed by atoms with Crippen molar-refractivity contribution in [1.82, 2.24) is 4.57 Å². The molecule has 1 aliphatic heterocycles.